The highest BCUT2D eigenvalue weighted by atomic mass is 16.4. The molecule has 15 nitrogen and oxygen atoms in total. The smallest absolute Gasteiger partial charge is 0.326 e. The molecule has 0 aliphatic rings. The number of aliphatic imine (C=N–C) groups is 1. The monoisotopic (exact) mass is 530 g/mol. The van der Waals surface area contributed by atoms with Crippen molar-refractivity contribution in [2.45, 2.75) is 83.0 Å². The van der Waals surface area contributed by atoms with Crippen molar-refractivity contribution >= 4 is 35.6 Å². The van der Waals surface area contributed by atoms with E-state index in [0.29, 0.717) is 32.2 Å². The Kier molecular flexibility index (Phi) is 16.2. The first-order chi connectivity index (χ1) is 17.3. The first-order valence-corrected chi connectivity index (χ1v) is 12.2. The van der Waals surface area contributed by atoms with Crippen LogP contribution >= 0.6 is 0 Å². The van der Waals surface area contributed by atoms with Gasteiger partial charge >= 0.3 is 11.9 Å². The Bertz CT molecular complexity index is 804. The fourth-order valence-corrected chi connectivity index (χ4v) is 3.28. The number of aliphatic carboxylic acids is 2. The summed E-state index contributed by atoms with van der Waals surface area (Å²) in [6.45, 7) is 4.10. The van der Waals surface area contributed by atoms with Gasteiger partial charge in [0.05, 0.1) is 12.5 Å². The van der Waals surface area contributed by atoms with Gasteiger partial charge in [-0.2, -0.15) is 0 Å². The van der Waals surface area contributed by atoms with Gasteiger partial charge in [0.1, 0.15) is 18.1 Å². The molecule has 0 bridgehead atoms. The average molecular weight is 531 g/mol. The van der Waals surface area contributed by atoms with E-state index in [0.717, 1.165) is 0 Å². The molecule has 0 saturated heterocycles. The number of guanidine groups is 1. The van der Waals surface area contributed by atoms with Crippen LogP contribution in [0.5, 0.6) is 0 Å². The van der Waals surface area contributed by atoms with E-state index in [1.54, 1.807) is 13.8 Å². The Hall–Kier alpha value is -3.46. The third-order valence-electron chi connectivity index (χ3n) is 5.67. The van der Waals surface area contributed by atoms with Gasteiger partial charge in [0, 0.05) is 6.54 Å². The summed E-state index contributed by atoms with van der Waals surface area (Å²) in [5.41, 5.74) is 21.8. The topological polar surface area (TPSA) is 278 Å². The van der Waals surface area contributed by atoms with Crippen LogP contribution in [0.25, 0.3) is 0 Å². The minimum Gasteiger partial charge on any atom is -0.481 e. The Morgan fingerprint density at radius 1 is 0.865 bits per heavy atom. The summed E-state index contributed by atoms with van der Waals surface area (Å²) in [6.07, 6.45) is 1.39. The summed E-state index contributed by atoms with van der Waals surface area (Å²) >= 11 is 0. The van der Waals surface area contributed by atoms with Gasteiger partial charge in [-0.3, -0.25) is 24.2 Å². The first-order valence-electron chi connectivity index (χ1n) is 12.2. The molecule has 3 amide bonds. The van der Waals surface area contributed by atoms with Gasteiger partial charge in [-0.25, -0.2) is 4.79 Å². The molecule has 212 valence electrons. The molecular formula is C22H42N8O7. The molecule has 13 N–H and O–H groups in total. The lowest BCUT2D eigenvalue weighted by atomic mass is 9.97. The molecule has 0 spiro atoms. The minimum absolute atomic E-state index is 0.0820. The lowest BCUT2D eigenvalue weighted by molar-refractivity contribution is -0.144. The zero-order chi connectivity index (χ0) is 28.5. The second-order valence-electron chi connectivity index (χ2n) is 8.77. The molecular weight excluding hydrogens is 488 g/mol. The molecule has 0 aromatic carbocycles. The van der Waals surface area contributed by atoms with Crippen molar-refractivity contribution in [1.29, 1.82) is 0 Å². The molecule has 0 aliphatic carbocycles. The molecule has 0 saturated carbocycles. The van der Waals surface area contributed by atoms with E-state index >= 15 is 0 Å². The number of amides is 3. The molecule has 0 heterocycles. The molecule has 5 atom stereocenters. The van der Waals surface area contributed by atoms with Crippen molar-refractivity contribution in [3.8, 4) is 0 Å². The van der Waals surface area contributed by atoms with Gasteiger partial charge < -0.3 is 49.1 Å². The molecule has 0 aromatic heterocycles. The predicted molar refractivity (Wildman–Crippen MR) is 136 cm³/mol. The largest absolute Gasteiger partial charge is 0.481 e. The summed E-state index contributed by atoms with van der Waals surface area (Å²) in [7, 11) is 0. The van der Waals surface area contributed by atoms with E-state index in [2.05, 4.69) is 20.9 Å². The zero-order valence-electron chi connectivity index (χ0n) is 21.4. The van der Waals surface area contributed by atoms with Crippen LogP contribution in [0.2, 0.25) is 0 Å². The number of carboxylic acid groups (broad SMARTS) is 2. The number of nitrogens with zero attached hydrogens (tertiary/aromatic N) is 1. The summed E-state index contributed by atoms with van der Waals surface area (Å²) in [5.74, 6) is -5.55. The third kappa shape index (κ3) is 14.0. The predicted octanol–water partition coefficient (Wildman–Crippen LogP) is -2.44. The standard InChI is InChI=1S/C22H42N8O7/c1-3-12(2)17(30-18(33)13(24)7-6-10-27-22(25)26)20(35)29-15(11-16(31)32)19(34)28-14(21(36)37)8-4-5-9-23/h12-15,17H,3-11,23-24H2,1-2H3,(H,28,34)(H,29,35)(H,30,33)(H,31,32)(H,36,37)(H4,25,26,27). The highest BCUT2D eigenvalue weighted by Gasteiger charge is 2.33. The van der Waals surface area contributed by atoms with Gasteiger partial charge in [0.15, 0.2) is 5.96 Å². The number of carboxylic acids is 2. The molecule has 0 aliphatic heterocycles. The maximum Gasteiger partial charge on any atom is 0.326 e. The van der Waals surface area contributed by atoms with Crippen LogP contribution in [0.4, 0.5) is 0 Å². The summed E-state index contributed by atoms with van der Waals surface area (Å²) in [5, 5.41) is 25.8. The van der Waals surface area contributed by atoms with Crippen molar-refractivity contribution in [3.05, 3.63) is 0 Å². The average Bonchev–Trinajstić information content (AvgIpc) is 2.82. The van der Waals surface area contributed by atoms with Crippen molar-refractivity contribution in [3.63, 3.8) is 0 Å². The number of hydrogen-bond acceptors (Lipinski definition) is 8. The van der Waals surface area contributed by atoms with Gasteiger partial charge in [-0.15, -0.1) is 0 Å². The maximum absolute atomic E-state index is 13.0. The Morgan fingerprint density at radius 2 is 1.49 bits per heavy atom. The van der Waals surface area contributed by atoms with E-state index in [1.165, 1.54) is 0 Å². The van der Waals surface area contributed by atoms with E-state index in [4.69, 9.17) is 22.9 Å². The van der Waals surface area contributed by atoms with Crippen LogP contribution < -0.4 is 38.9 Å². The molecule has 0 rings (SSSR count). The highest BCUT2D eigenvalue weighted by molar-refractivity contribution is 5.95. The summed E-state index contributed by atoms with van der Waals surface area (Å²) < 4.78 is 0. The van der Waals surface area contributed by atoms with E-state index in [1.807, 2.05) is 0 Å². The fraction of sp³-hybridized carbons (Fsp3) is 0.727. The third-order valence-corrected chi connectivity index (χ3v) is 5.67. The second kappa shape index (κ2) is 17.9. The maximum atomic E-state index is 13.0. The van der Waals surface area contributed by atoms with Crippen LogP contribution in [0.3, 0.4) is 0 Å². The van der Waals surface area contributed by atoms with Crippen LogP contribution in [0, 0.1) is 5.92 Å². The number of rotatable bonds is 19. The number of nitrogens with one attached hydrogen (secondary N) is 3. The van der Waals surface area contributed by atoms with Gasteiger partial charge in [0.25, 0.3) is 0 Å². The Labute approximate surface area is 216 Å². The molecule has 0 aromatic rings. The Morgan fingerprint density at radius 3 is 2.00 bits per heavy atom. The van der Waals surface area contributed by atoms with E-state index < -0.39 is 66.2 Å². The summed E-state index contributed by atoms with van der Waals surface area (Å²) in [4.78, 5) is 65.1. The quantitative estimate of drug-likeness (QED) is 0.0480. The fourth-order valence-electron chi connectivity index (χ4n) is 3.28. The second-order valence-corrected chi connectivity index (χ2v) is 8.77. The molecule has 15 heteroatoms. The van der Waals surface area contributed by atoms with Crippen molar-refractivity contribution in [2.75, 3.05) is 13.1 Å². The van der Waals surface area contributed by atoms with Crippen LogP contribution in [0.1, 0.15) is 58.8 Å². The van der Waals surface area contributed by atoms with Crippen molar-refractivity contribution in [2.24, 2.45) is 33.8 Å². The van der Waals surface area contributed by atoms with Crippen LogP contribution in [-0.4, -0.2) is 83.1 Å². The van der Waals surface area contributed by atoms with Crippen LogP contribution in [0.15, 0.2) is 4.99 Å². The summed E-state index contributed by atoms with van der Waals surface area (Å²) in [6, 6.07) is -4.94. The lowest BCUT2D eigenvalue weighted by Gasteiger charge is -2.27. The highest BCUT2D eigenvalue weighted by Crippen LogP contribution is 2.10. The molecule has 37 heavy (non-hydrogen) atoms. The number of nitrogens with two attached hydrogens (primary N) is 4. The van der Waals surface area contributed by atoms with Crippen molar-refractivity contribution < 1.29 is 34.2 Å². The van der Waals surface area contributed by atoms with E-state index in [9.17, 15) is 34.2 Å². The zero-order valence-corrected chi connectivity index (χ0v) is 21.4. The van der Waals surface area contributed by atoms with Crippen molar-refractivity contribution in [1.82, 2.24) is 16.0 Å². The minimum atomic E-state index is -1.57. The van der Waals surface area contributed by atoms with E-state index in [-0.39, 0.29) is 25.3 Å². The molecule has 5 unspecified atom stereocenters. The lowest BCUT2D eigenvalue weighted by Crippen LogP contribution is -2.59. The number of carbonyl (C=O) groups is 5. The number of unbranched alkanes of at least 4 members (excludes halogenated alkanes) is 1. The molecule has 0 fully saturated rings. The first kappa shape index (κ1) is 33.5. The SMILES string of the molecule is CCC(C)C(NC(=O)C(N)CCCN=C(N)N)C(=O)NC(CC(=O)O)C(=O)NC(CCCCN)C(=O)O. The Balaban J connectivity index is 5.44. The van der Waals surface area contributed by atoms with Gasteiger partial charge in [0.2, 0.25) is 17.7 Å². The van der Waals surface area contributed by atoms with Crippen LogP contribution in [-0.2, 0) is 24.0 Å². The number of hydrogen-bond donors (Lipinski definition) is 9. The van der Waals surface area contributed by atoms with Gasteiger partial charge in [-0.1, -0.05) is 20.3 Å². The van der Waals surface area contributed by atoms with Gasteiger partial charge in [-0.05, 0) is 44.6 Å². The number of carbonyl (C=O) groups excluding carboxylic acids is 3. The normalized spacial score (nSPS) is 14.8. The molecule has 0 radical (unpaired) electrons.